The van der Waals surface area contributed by atoms with Gasteiger partial charge in [-0.3, -0.25) is 0 Å². The highest BCUT2D eigenvalue weighted by Gasteiger charge is 2.54. The molecule has 1 heteroatoms. The van der Waals surface area contributed by atoms with Crippen molar-refractivity contribution < 1.29 is 5.11 Å². The van der Waals surface area contributed by atoms with Crippen molar-refractivity contribution in [3.63, 3.8) is 0 Å². The molecule has 4 aliphatic rings. The summed E-state index contributed by atoms with van der Waals surface area (Å²) in [7, 11) is 0. The number of aliphatic hydroxyl groups is 1. The zero-order chi connectivity index (χ0) is 21.8. The highest BCUT2D eigenvalue weighted by molar-refractivity contribution is 5.49. The molecule has 7 atom stereocenters. The normalized spacial score (nSPS) is 41.8. The topological polar surface area (TPSA) is 20.2 Å². The van der Waals surface area contributed by atoms with Crippen molar-refractivity contribution in [1.82, 2.24) is 0 Å². The number of hydrogen-bond acceptors (Lipinski definition) is 1. The first kappa shape index (κ1) is 22.4. The molecule has 1 fully saturated rings. The Kier molecular flexibility index (Phi) is 5.93. The monoisotopic (exact) mass is 410 g/mol. The maximum atomic E-state index is 10.5. The molecule has 0 saturated heterocycles. The molecular formula is C29H46O. The van der Waals surface area contributed by atoms with Crippen LogP contribution in [0.4, 0.5) is 0 Å². The number of allylic oxidation sites excluding steroid dienone is 5. The Bertz CT molecular complexity index is 754. The second kappa shape index (κ2) is 7.95. The van der Waals surface area contributed by atoms with E-state index >= 15 is 0 Å². The lowest BCUT2D eigenvalue weighted by molar-refractivity contribution is -0.0287. The number of fused-ring (bicyclic) bond motifs is 4. The first-order valence-corrected chi connectivity index (χ1v) is 12.9. The third kappa shape index (κ3) is 3.39. The van der Waals surface area contributed by atoms with Crippen LogP contribution in [0.25, 0.3) is 0 Å². The highest BCUT2D eigenvalue weighted by atomic mass is 16.3. The fourth-order valence-corrected chi connectivity index (χ4v) is 8.10. The molecule has 4 aliphatic carbocycles. The Morgan fingerprint density at radius 1 is 1.13 bits per heavy atom. The van der Waals surface area contributed by atoms with E-state index in [1.807, 2.05) is 0 Å². The van der Waals surface area contributed by atoms with Gasteiger partial charge >= 0.3 is 0 Å². The summed E-state index contributed by atoms with van der Waals surface area (Å²) in [5, 5.41) is 10.5. The van der Waals surface area contributed by atoms with Crippen LogP contribution in [0, 0.1) is 40.4 Å². The van der Waals surface area contributed by atoms with Gasteiger partial charge in [-0.2, -0.15) is 0 Å². The highest BCUT2D eigenvalue weighted by Crippen LogP contribution is 2.64. The Morgan fingerprint density at radius 3 is 2.57 bits per heavy atom. The molecule has 0 bridgehead atoms. The average molecular weight is 411 g/mol. The Morgan fingerprint density at radius 2 is 1.87 bits per heavy atom. The molecule has 1 N–H and O–H groups in total. The van der Waals surface area contributed by atoms with Crippen LogP contribution in [-0.4, -0.2) is 11.2 Å². The summed E-state index contributed by atoms with van der Waals surface area (Å²) in [5.41, 5.74) is 7.41. The zero-order valence-electron chi connectivity index (χ0n) is 20.6. The minimum atomic E-state index is -0.0874. The summed E-state index contributed by atoms with van der Waals surface area (Å²) in [6.45, 7) is 18.8. The third-order valence-electron chi connectivity index (χ3n) is 10.4. The number of aliphatic hydroxyl groups excluding tert-OH is 1. The molecule has 4 rings (SSSR count). The molecule has 30 heavy (non-hydrogen) atoms. The van der Waals surface area contributed by atoms with Gasteiger partial charge in [-0.1, -0.05) is 65.3 Å². The van der Waals surface area contributed by atoms with Crippen LogP contribution in [0.5, 0.6) is 0 Å². The van der Waals surface area contributed by atoms with Crippen molar-refractivity contribution in [3.8, 4) is 0 Å². The first-order valence-electron chi connectivity index (χ1n) is 12.9. The summed E-state index contributed by atoms with van der Waals surface area (Å²) in [4.78, 5) is 0. The quantitative estimate of drug-likeness (QED) is 0.457. The van der Waals surface area contributed by atoms with Gasteiger partial charge in [0, 0.05) is 0 Å². The maximum absolute atomic E-state index is 10.5. The van der Waals surface area contributed by atoms with E-state index in [9.17, 15) is 5.11 Å². The van der Waals surface area contributed by atoms with E-state index in [-0.39, 0.29) is 6.10 Å². The molecule has 1 unspecified atom stereocenters. The van der Waals surface area contributed by atoms with Gasteiger partial charge in [0.2, 0.25) is 0 Å². The van der Waals surface area contributed by atoms with Crippen LogP contribution in [0.3, 0.4) is 0 Å². The predicted molar refractivity (Wildman–Crippen MR) is 128 cm³/mol. The van der Waals surface area contributed by atoms with E-state index in [4.69, 9.17) is 0 Å². The molecule has 0 spiro atoms. The van der Waals surface area contributed by atoms with Crippen molar-refractivity contribution in [2.75, 3.05) is 0 Å². The van der Waals surface area contributed by atoms with E-state index < -0.39 is 0 Å². The Labute approximate surface area is 186 Å². The van der Waals surface area contributed by atoms with Gasteiger partial charge in [0.25, 0.3) is 0 Å². The molecule has 1 saturated carbocycles. The summed E-state index contributed by atoms with van der Waals surface area (Å²) in [6, 6.07) is 0. The van der Waals surface area contributed by atoms with Crippen molar-refractivity contribution in [2.45, 2.75) is 105 Å². The van der Waals surface area contributed by atoms with Crippen molar-refractivity contribution in [2.24, 2.45) is 40.4 Å². The molecule has 0 amide bonds. The van der Waals surface area contributed by atoms with Gasteiger partial charge in [0.15, 0.2) is 0 Å². The van der Waals surface area contributed by atoms with Gasteiger partial charge < -0.3 is 5.11 Å². The lowest BCUT2D eigenvalue weighted by atomic mass is 9.49. The van der Waals surface area contributed by atoms with Gasteiger partial charge in [0.1, 0.15) is 0 Å². The molecule has 1 nitrogen and oxygen atoms in total. The lowest BCUT2D eigenvalue weighted by Crippen LogP contribution is -2.48. The van der Waals surface area contributed by atoms with Crippen LogP contribution in [0.2, 0.25) is 0 Å². The summed E-state index contributed by atoms with van der Waals surface area (Å²) < 4.78 is 0. The minimum absolute atomic E-state index is 0.0874. The number of hydrogen-bond donors (Lipinski definition) is 1. The van der Waals surface area contributed by atoms with Crippen LogP contribution in [0.1, 0.15) is 99.3 Å². The predicted octanol–water partition coefficient (Wildman–Crippen LogP) is 7.87. The zero-order valence-corrected chi connectivity index (χ0v) is 20.6. The van der Waals surface area contributed by atoms with E-state index in [0.717, 1.165) is 18.3 Å². The van der Waals surface area contributed by atoms with E-state index in [2.05, 4.69) is 54.2 Å². The van der Waals surface area contributed by atoms with Crippen molar-refractivity contribution >= 4 is 0 Å². The molecule has 0 aromatic rings. The number of rotatable bonds is 5. The van der Waals surface area contributed by atoms with E-state index in [0.29, 0.717) is 28.6 Å². The maximum Gasteiger partial charge on any atom is 0.0569 e. The van der Waals surface area contributed by atoms with E-state index in [1.165, 1.54) is 56.9 Å². The van der Waals surface area contributed by atoms with Crippen molar-refractivity contribution in [3.05, 3.63) is 34.9 Å². The van der Waals surface area contributed by atoms with Crippen LogP contribution < -0.4 is 0 Å². The van der Waals surface area contributed by atoms with Gasteiger partial charge in [0.05, 0.1) is 6.10 Å². The second-order valence-corrected chi connectivity index (χ2v) is 12.2. The lowest BCUT2D eigenvalue weighted by Gasteiger charge is -2.55. The smallest absolute Gasteiger partial charge is 0.0569 e. The van der Waals surface area contributed by atoms with Crippen LogP contribution >= 0.6 is 0 Å². The molecule has 0 aliphatic heterocycles. The second-order valence-electron chi connectivity index (χ2n) is 12.2. The SMILES string of the molecule is C=C(CC[C@@H](C)[C@H]1CC=C2C3=C(CC[C@@]21C)[C@@]1(C)CC[C@H](O)C(C)[C@@H]1CC3)C(C)C. The molecular weight excluding hydrogens is 364 g/mol. The van der Waals surface area contributed by atoms with Crippen LogP contribution in [0.15, 0.2) is 34.9 Å². The van der Waals surface area contributed by atoms with Crippen molar-refractivity contribution in [1.29, 1.82) is 0 Å². The average Bonchev–Trinajstić information content (AvgIpc) is 3.06. The molecule has 0 aromatic carbocycles. The standard InChI is InChI=1S/C29H46O/c1-18(2)19(3)8-9-20(4)23-12-13-25-22-10-11-24-21(5)27(30)15-17-29(24,7)26(22)14-16-28(23,25)6/h13,18,20-21,23-24,27,30H,3,8-12,14-17H2,1-2,4-7H3/t20-,21?,23-,24+,27+,28-,29+/m1/s1. The fourth-order valence-electron chi connectivity index (χ4n) is 8.10. The molecule has 0 radical (unpaired) electrons. The first-order chi connectivity index (χ1) is 14.1. The minimum Gasteiger partial charge on any atom is -0.393 e. The van der Waals surface area contributed by atoms with Gasteiger partial charge in [-0.25, -0.2) is 0 Å². The largest absolute Gasteiger partial charge is 0.393 e. The Balaban J connectivity index is 1.56. The molecule has 0 aromatic heterocycles. The third-order valence-corrected chi connectivity index (χ3v) is 10.4. The summed E-state index contributed by atoms with van der Waals surface area (Å²) in [6.07, 6.45) is 13.6. The summed E-state index contributed by atoms with van der Waals surface area (Å²) >= 11 is 0. The fraction of sp³-hybridized carbons (Fsp3) is 0.793. The summed E-state index contributed by atoms with van der Waals surface area (Å²) in [5.74, 6) is 3.28. The van der Waals surface area contributed by atoms with E-state index in [1.54, 1.807) is 16.7 Å². The molecule has 168 valence electrons. The Hall–Kier alpha value is -0.820. The van der Waals surface area contributed by atoms with Gasteiger partial charge in [-0.05, 0) is 109 Å². The van der Waals surface area contributed by atoms with Gasteiger partial charge in [-0.15, -0.1) is 0 Å². The van der Waals surface area contributed by atoms with Crippen LogP contribution in [-0.2, 0) is 0 Å². The molecule has 0 heterocycles.